The Hall–Kier alpha value is -1.67. The van der Waals surface area contributed by atoms with E-state index in [2.05, 4.69) is 0 Å². The third-order valence-electron chi connectivity index (χ3n) is 3.18. The van der Waals surface area contributed by atoms with E-state index < -0.39 is 5.82 Å². The van der Waals surface area contributed by atoms with Crippen LogP contribution in [0.3, 0.4) is 0 Å². The van der Waals surface area contributed by atoms with Crippen molar-refractivity contribution in [3.05, 3.63) is 70.5 Å². The molecule has 20 heavy (non-hydrogen) atoms. The topological polar surface area (TPSA) is 17.1 Å². The number of aryl methyl sites for hydroxylation is 1. The minimum absolute atomic E-state index is 0.0592. The second-order valence-electron chi connectivity index (χ2n) is 4.77. The van der Waals surface area contributed by atoms with Crippen molar-refractivity contribution in [2.75, 3.05) is 0 Å². The summed E-state index contributed by atoms with van der Waals surface area (Å²) in [5.41, 5.74) is 1.79. The van der Waals surface area contributed by atoms with E-state index in [4.69, 9.17) is 11.6 Å². The summed E-state index contributed by atoms with van der Waals surface area (Å²) in [5, 5.41) is 0.0592. The number of rotatable bonds is 6. The van der Waals surface area contributed by atoms with Crippen molar-refractivity contribution in [1.82, 2.24) is 0 Å². The van der Waals surface area contributed by atoms with Gasteiger partial charge in [0.15, 0.2) is 0 Å². The molecule has 0 aliphatic rings. The smallest absolute Gasteiger partial charge is 0.142 e. The summed E-state index contributed by atoms with van der Waals surface area (Å²) in [5.74, 6) is -0.380. The molecule has 0 fully saturated rings. The Morgan fingerprint density at radius 2 is 1.80 bits per heavy atom. The van der Waals surface area contributed by atoms with E-state index in [1.165, 1.54) is 11.6 Å². The Morgan fingerprint density at radius 1 is 1.05 bits per heavy atom. The fourth-order valence-electron chi connectivity index (χ4n) is 2.12. The van der Waals surface area contributed by atoms with Crippen molar-refractivity contribution < 1.29 is 9.18 Å². The highest BCUT2D eigenvalue weighted by atomic mass is 35.5. The zero-order chi connectivity index (χ0) is 14.4. The molecule has 0 radical (unpaired) electrons. The Kier molecular flexibility index (Phi) is 5.31. The molecule has 0 aliphatic carbocycles. The van der Waals surface area contributed by atoms with E-state index in [0.717, 1.165) is 12.8 Å². The summed E-state index contributed by atoms with van der Waals surface area (Å²) in [6.07, 6.45) is 2.37. The van der Waals surface area contributed by atoms with Gasteiger partial charge in [-0.1, -0.05) is 54.1 Å². The van der Waals surface area contributed by atoms with E-state index in [1.807, 2.05) is 30.3 Å². The first-order valence-corrected chi connectivity index (χ1v) is 7.03. The lowest BCUT2D eigenvalue weighted by molar-refractivity contribution is -0.118. The third-order valence-corrected chi connectivity index (χ3v) is 3.61. The highest BCUT2D eigenvalue weighted by Crippen LogP contribution is 2.20. The number of hydrogen-bond acceptors (Lipinski definition) is 1. The molecular weight excluding hydrogens is 275 g/mol. The lowest BCUT2D eigenvalue weighted by Crippen LogP contribution is -2.04. The molecular formula is C17H16ClFO. The molecule has 2 aromatic carbocycles. The summed E-state index contributed by atoms with van der Waals surface area (Å²) in [6.45, 7) is 0. The van der Waals surface area contributed by atoms with Crippen LogP contribution in [0.1, 0.15) is 24.0 Å². The van der Waals surface area contributed by atoms with Crippen LogP contribution in [0, 0.1) is 5.82 Å². The molecule has 0 saturated heterocycles. The first kappa shape index (κ1) is 14.7. The van der Waals surface area contributed by atoms with Gasteiger partial charge in [-0.05, 0) is 30.0 Å². The van der Waals surface area contributed by atoms with Crippen molar-refractivity contribution in [1.29, 1.82) is 0 Å². The predicted molar refractivity (Wildman–Crippen MR) is 79.5 cm³/mol. The Morgan fingerprint density at radius 3 is 2.55 bits per heavy atom. The Labute approximate surface area is 123 Å². The van der Waals surface area contributed by atoms with Crippen LogP contribution in [0.4, 0.5) is 4.39 Å². The minimum Gasteiger partial charge on any atom is -0.299 e. The number of halogens is 2. The van der Waals surface area contributed by atoms with Crippen molar-refractivity contribution in [2.24, 2.45) is 0 Å². The Bertz CT molecular complexity index is 581. The van der Waals surface area contributed by atoms with Crippen LogP contribution in [-0.2, 0) is 17.6 Å². The first-order valence-electron chi connectivity index (χ1n) is 6.65. The molecule has 2 rings (SSSR count). The highest BCUT2D eigenvalue weighted by Gasteiger charge is 2.10. The van der Waals surface area contributed by atoms with Gasteiger partial charge in [0.25, 0.3) is 0 Å². The number of carbonyl (C=O) groups is 1. The third kappa shape index (κ3) is 4.17. The van der Waals surface area contributed by atoms with Gasteiger partial charge in [0, 0.05) is 12.8 Å². The molecule has 0 atom stereocenters. The van der Waals surface area contributed by atoms with Crippen LogP contribution in [-0.4, -0.2) is 5.78 Å². The fraction of sp³-hybridized carbons (Fsp3) is 0.235. The van der Waals surface area contributed by atoms with Crippen molar-refractivity contribution in [2.45, 2.75) is 25.7 Å². The molecule has 0 aliphatic heterocycles. The number of carbonyl (C=O) groups excluding carboxylic acids is 1. The summed E-state index contributed by atoms with van der Waals surface area (Å²) >= 11 is 5.84. The predicted octanol–water partition coefficient (Wildman–Crippen LogP) is 4.61. The molecule has 0 N–H and O–H groups in total. The zero-order valence-electron chi connectivity index (χ0n) is 11.1. The molecule has 0 spiro atoms. The SMILES string of the molecule is O=C(CCCc1ccccc1)Cc1cccc(F)c1Cl. The largest absolute Gasteiger partial charge is 0.299 e. The second kappa shape index (κ2) is 7.20. The van der Waals surface area contributed by atoms with Crippen LogP contribution < -0.4 is 0 Å². The molecule has 0 unspecified atom stereocenters. The van der Waals surface area contributed by atoms with Crippen LogP contribution in [0.5, 0.6) is 0 Å². The monoisotopic (exact) mass is 290 g/mol. The molecule has 1 nitrogen and oxygen atoms in total. The molecule has 3 heteroatoms. The summed E-state index contributed by atoms with van der Waals surface area (Å²) in [7, 11) is 0. The highest BCUT2D eigenvalue weighted by molar-refractivity contribution is 6.31. The van der Waals surface area contributed by atoms with Gasteiger partial charge in [0.05, 0.1) is 5.02 Å². The molecule has 0 amide bonds. The van der Waals surface area contributed by atoms with Crippen molar-refractivity contribution in [3.8, 4) is 0 Å². The molecule has 0 aromatic heterocycles. The quantitative estimate of drug-likeness (QED) is 0.759. The van der Waals surface area contributed by atoms with Gasteiger partial charge in [-0.2, -0.15) is 0 Å². The van der Waals surface area contributed by atoms with E-state index in [0.29, 0.717) is 12.0 Å². The number of ketones is 1. The van der Waals surface area contributed by atoms with Crippen LogP contribution in [0.25, 0.3) is 0 Å². The van der Waals surface area contributed by atoms with Crippen molar-refractivity contribution in [3.63, 3.8) is 0 Å². The normalized spacial score (nSPS) is 10.5. The first-order chi connectivity index (χ1) is 9.66. The maximum absolute atomic E-state index is 13.3. The van der Waals surface area contributed by atoms with E-state index in [9.17, 15) is 9.18 Å². The maximum atomic E-state index is 13.3. The standard InChI is InChI=1S/C17H16ClFO/c18-17-14(9-5-11-16(17)19)12-15(20)10-4-8-13-6-2-1-3-7-13/h1-3,5-7,9,11H,4,8,10,12H2. The molecule has 0 bridgehead atoms. The van der Waals surface area contributed by atoms with E-state index >= 15 is 0 Å². The minimum atomic E-state index is -0.471. The van der Waals surface area contributed by atoms with E-state index in [1.54, 1.807) is 12.1 Å². The lowest BCUT2D eigenvalue weighted by atomic mass is 10.0. The molecule has 0 heterocycles. The maximum Gasteiger partial charge on any atom is 0.142 e. The lowest BCUT2D eigenvalue weighted by Gasteiger charge is -2.05. The van der Waals surface area contributed by atoms with Crippen LogP contribution in [0.2, 0.25) is 5.02 Å². The van der Waals surface area contributed by atoms with Gasteiger partial charge >= 0.3 is 0 Å². The number of hydrogen-bond donors (Lipinski definition) is 0. The number of Topliss-reactive ketones (excluding diaryl/α,β-unsaturated/α-hetero) is 1. The molecule has 0 saturated carbocycles. The van der Waals surface area contributed by atoms with Gasteiger partial charge < -0.3 is 0 Å². The summed E-state index contributed by atoms with van der Waals surface area (Å²) < 4.78 is 13.3. The number of benzene rings is 2. The van der Waals surface area contributed by atoms with Crippen LogP contribution in [0.15, 0.2) is 48.5 Å². The van der Waals surface area contributed by atoms with E-state index in [-0.39, 0.29) is 17.2 Å². The van der Waals surface area contributed by atoms with Gasteiger partial charge in [-0.15, -0.1) is 0 Å². The van der Waals surface area contributed by atoms with Gasteiger partial charge in [-0.3, -0.25) is 4.79 Å². The van der Waals surface area contributed by atoms with Gasteiger partial charge in [0.2, 0.25) is 0 Å². The Balaban J connectivity index is 1.82. The fourth-order valence-corrected chi connectivity index (χ4v) is 2.31. The summed E-state index contributed by atoms with van der Waals surface area (Å²) in [6, 6.07) is 14.6. The zero-order valence-corrected chi connectivity index (χ0v) is 11.9. The average molecular weight is 291 g/mol. The van der Waals surface area contributed by atoms with Gasteiger partial charge in [-0.25, -0.2) is 4.39 Å². The summed E-state index contributed by atoms with van der Waals surface area (Å²) in [4.78, 5) is 11.9. The van der Waals surface area contributed by atoms with Crippen molar-refractivity contribution >= 4 is 17.4 Å². The van der Waals surface area contributed by atoms with Crippen LogP contribution >= 0.6 is 11.6 Å². The molecule has 2 aromatic rings. The second-order valence-corrected chi connectivity index (χ2v) is 5.15. The van der Waals surface area contributed by atoms with Gasteiger partial charge in [0.1, 0.15) is 11.6 Å². The average Bonchev–Trinajstić information content (AvgIpc) is 2.45. The molecule has 104 valence electrons.